The van der Waals surface area contributed by atoms with E-state index in [1.807, 2.05) is 0 Å². The fourth-order valence-corrected chi connectivity index (χ4v) is 1.07. The van der Waals surface area contributed by atoms with E-state index >= 15 is 0 Å². The molecule has 6 heteroatoms. The van der Waals surface area contributed by atoms with Gasteiger partial charge in [0.1, 0.15) is 5.75 Å². The summed E-state index contributed by atoms with van der Waals surface area (Å²) in [5, 5.41) is 2.58. The molecule has 1 aromatic carbocycles. The zero-order valence-corrected chi connectivity index (χ0v) is 7.62. The summed E-state index contributed by atoms with van der Waals surface area (Å²) in [6, 6.07) is 3.55. The average molecular weight is 225 g/mol. The second-order valence-electron chi connectivity index (χ2n) is 2.37. The highest BCUT2D eigenvalue weighted by Crippen LogP contribution is 2.29. The minimum atomic E-state index is -4.71. The normalized spacial score (nSPS) is 11.2. The van der Waals surface area contributed by atoms with Crippen molar-refractivity contribution in [3.8, 4) is 5.75 Å². The highest BCUT2D eigenvalue weighted by molar-refractivity contribution is 6.33. The molecular weight excluding hydrogens is 219 g/mol. The van der Waals surface area contributed by atoms with Gasteiger partial charge in [0.2, 0.25) is 0 Å². The van der Waals surface area contributed by atoms with Crippen molar-refractivity contribution in [3.05, 3.63) is 30.3 Å². The van der Waals surface area contributed by atoms with E-state index in [4.69, 9.17) is 11.6 Å². The Morgan fingerprint density at radius 1 is 1.36 bits per heavy atom. The summed E-state index contributed by atoms with van der Waals surface area (Å²) in [6.45, 7) is 0. The maximum Gasteiger partial charge on any atom is 0.573 e. The molecule has 0 spiro atoms. The Kier molecular flexibility index (Phi) is 3.10. The zero-order chi connectivity index (χ0) is 10.8. The predicted octanol–water partition coefficient (Wildman–Crippen LogP) is 3.44. The molecule has 77 valence electrons. The highest BCUT2D eigenvalue weighted by atomic mass is 35.5. The molecule has 0 aliphatic rings. The van der Waals surface area contributed by atoms with Gasteiger partial charge in [-0.3, -0.25) is 0 Å². The van der Waals surface area contributed by atoms with Gasteiger partial charge in [0.05, 0.1) is 10.7 Å². The Labute approximate surface area is 83.6 Å². The Balaban J connectivity index is 2.87. The summed E-state index contributed by atoms with van der Waals surface area (Å²) >= 11 is 5.61. The van der Waals surface area contributed by atoms with Crippen LogP contribution in [0.15, 0.2) is 18.2 Å². The van der Waals surface area contributed by atoms with Gasteiger partial charge in [-0.2, -0.15) is 0 Å². The molecule has 0 aliphatic heterocycles. The lowest BCUT2D eigenvalue weighted by Crippen LogP contribution is -2.17. The molecule has 0 aromatic heterocycles. The molecule has 1 N–H and O–H groups in total. The van der Waals surface area contributed by atoms with Crippen LogP contribution in [0.5, 0.6) is 5.75 Å². The lowest BCUT2D eigenvalue weighted by Gasteiger charge is -2.10. The molecule has 0 saturated heterocycles. The number of nitrogens with one attached hydrogen (secondary N) is 1. The number of anilines is 1. The van der Waals surface area contributed by atoms with Gasteiger partial charge < -0.3 is 10.1 Å². The maximum absolute atomic E-state index is 11.8. The van der Waals surface area contributed by atoms with E-state index in [2.05, 4.69) is 17.1 Å². The number of halogens is 4. The van der Waals surface area contributed by atoms with Gasteiger partial charge in [-0.1, -0.05) is 11.6 Å². The quantitative estimate of drug-likeness (QED) is 0.831. The predicted molar refractivity (Wildman–Crippen MR) is 47.1 cm³/mol. The van der Waals surface area contributed by atoms with Gasteiger partial charge in [-0.05, 0) is 12.1 Å². The fraction of sp³-hybridized carbons (Fsp3) is 0.125. The van der Waals surface area contributed by atoms with Crippen molar-refractivity contribution in [3.63, 3.8) is 0 Å². The highest BCUT2D eigenvalue weighted by Gasteiger charge is 2.31. The van der Waals surface area contributed by atoms with Gasteiger partial charge in [0.15, 0.2) is 0 Å². The molecule has 1 rings (SSSR count). The molecule has 0 aliphatic carbocycles. The number of alkyl halides is 3. The number of ether oxygens (including phenoxy) is 1. The van der Waals surface area contributed by atoms with Crippen LogP contribution in [0.25, 0.3) is 0 Å². The topological polar surface area (TPSA) is 21.3 Å². The van der Waals surface area contributed by atoms with E-state index in [1.165, 1.54) is 6.07 Å². The first-order chi connectivity index (χ1) is 6.42. The van der Waals surface area contributed by atoms with E-state index in [0.717, 1.165) is 12.1 Å². The van der Waals surface area contributed by atoms with Gasteiger partial charge >= 0.3 is 6.36 Å². The van der Waals surface area contributed by atoms with Crippen molar-refractivity contribution in [1.82, 2.24) is 0 Å². The first kappa shape index (κ1) is 11.0. The second-order valence-corrected chi connectivity index (χ2v) is 2.77. The minimum Gasteiger partial charge on any atom is -0.406 e. The zero-order valence-electron chi connectivity index (χ0n) is 6.86. The molecule has 0 atom stereocenters. The molecule has 0 heterocycles. The Hall–Kier alpha value is -1.10. The standard InChI is InChI=1S/C8H6ClF3NO/c1-13-7-3-2-5(4-6(7)9)14-8(10,11)12/h2-4,13H,1H2. The van der Waals surface area contributed by atoms with Crippen LogP contribution in [0, 0.1) is 7.05 Å². The van der Waals surface area contributed by atoms with E-state index in [9.17, 15) is 13.2 Å². The largest absolute Gasteiger partial charge is 0.573 e. The van der Waals surface area contributed by atoms with Crippen molar-refractivity contribution in [1.29, 1.82) is 0 Å². The second kappa shape index (κ2) is 3.96. The van der Waals surface area contributed by atoms with Crippen LogP contribution < -0.4 is 10.1 Å². The molecule has 0 bridgehead atoms. The Bertz CT molecular complexity index is 327. The molecule has 0 saturated carbocycles. The maximum atomic E-state index is 11.8. The van der Waals surface area contributed by atoms with Crippen molar-refractivity contribution >= 4 is 17.3 Å². The van der Waals surface area contributed by atoms with Gasteiger partial charge in [0, 0.05) is 13.1 Å². The summed E-state index contributed by atoms with van der Waals surface area (Å²) in [5.74, 6) is -0.360. The van der Waals surface area contributed by atoms with Crippen molar-refractivity contribution in [2.45, 2.75) is 6.36 Å². The molecule has 14 heavy (non-hydrogen) atoms. The molecule has 1 radical (unpaired) electrons. The monoisotopic (exact) mass is 224 g/mol. The van der Waals surface area contributed by atoms with Crippen molar-refractivity contribution in [2.75, 3.05) is 5.32 Å². The third-order valence-corrected chi connectivity index (χ3v) is 1.68. The molecule has 2 nitrogen and oxygen atoms in total. The van der Waals surface area contributed by atoms with Gasteiger partial charge in [0.25, 0.3) is 0 Å². The van der Waals surface area contributed by atoms with E-state index < -0.39 is 6.36 Å². The summed E-state index contributed by atoms with van der Waals surface area (Å²) in [5.41, 5.74) is 0.432. The average Bonchev–Trinajstić information content (AvgIpc) is 2.01. The minimum absolute atomic E-state index is 0.113. The van der Waals surface area contributed by atoms with Crippen LogP contribution in [0.4, 0.5) is 18.9 Å². The first-order valence-corrected chi connectivity index (χ1v) is 3.88. The summed E-state index contributed by atoms with van der Waals surface area (Å²) < 4.78 is 38.9. The van der Waals surface area contributed by atoms with Crippen LogP contribution >= 0.6 is 11.6 Å². The van der Waals surface area contributed by atoms with Crippen LogP contribution in [-0.4, -0.2) is 6.36 Å². The smallest absolute Gasteiger partial charge is 0.406 e. The molecule has 1 aromatic rings. The number of rotatable bonds is 2. The molecule has 0 unspecified atom stereocenters. The SMILES string of the molecule is [CH2]Nc1ccc(OC(F)(F)F)cc1Cl. The van der Waals surface area contributed by atoms with Crippen molar-refractivity contribution in [2.24, 2.45) is 0 Å². The summed E-state index contributed by atoms with van der Waals surface area (Å²) in [6.07, 6.45) is -4.71. The Morgan fingerprint density at radius 2 is 2.00 bits per heavy atom. The molecule has 0 fully saturated rings. The molecular formula is C8H6ClF3NO. The third-order valence-electron chi connectivity index (χ3n) is 1.36. The van der Waals surface area contributed by atoms with Gasteiger partial charge in [-0.25, -0.2) is 0 Å². The van der Waals surface area contributed by atoms with Crippen LogP contribution in [-0.2, 0) is 0 Å². The summed E-state index contributed by atoms with van der Waals surface area (Å²) in [7, 11) is 3.32. The number of benzene rings is 1. The van der Waals surface area contributed by atoms with Crippen molar-refractivity contribution < 1.29 is 17.9 Å². The Morgan fingerprint density at radius 3 is 2.43 bits per heavy atom. The lowest BCUT2D eigenvalue weighted by molar-refractivity contribution is -0.274. The van der Waals surface area contributed by atoms with Crippen LogP contribution in [0.3, 0.4) is 0 Å². The fourth-order valence-electron chi connectivity index (χ4n) is 0.836. The van der Waals surface area contributed by atoms with Crippen LogP contribution in [0.1, 0.15) is 0 Å². The summed E-state index contributed by atoms with van der Waals surface area (Å²) in [4.78, 5) is 0. The van der Waals surface area contributed by atoms with Crippen LogP contribution in [0.2, 0.25) is 5.02 Å². The van der Waals surface area contributed by atoms with E-state index in [-0.39, 0.29) is 10.8 Å². The van der Waals surface area contributed by atoms with Gasteiger partial charge in [-0.15, -0.1) is 13.2 Å². The third kappa shape index (κ3) is 2.99. The van der Waals surface area contributed by atoms with E-state index in [0.29, 0.717) is 5.69 Å². The first-order valence-electron chi connectivity index (χ1n) is 3.51. The number of hydrogen-bond donors (Lipinski definition) is 1. The molecule has 0 amide bonds. The lowest BCUT2D eigenvalue weighted by atomic mass is 10.3. The number of hydrogen-bond acceptors (Lipinski definition) is 2. The van der Waals surface area contributed by atoms with E-state index in [1.54, 1.807) is 0 Å².